The quantitative estimate of drug-likeness (QED) is 0.301. The van der Waals surface area contributed by atoms with Gasteiger partial charge in [0.15, 0.2) is 0 Å². The molecule has 1 aromatic heterocycles. The molecule has 0 saturated carbocycles. The molecule has 0 spiro atoms. The zero-order chi connectivity index (χ0) is 25.1. The van der Waals surface area contributed by atoms with Gasteiger partial charge in [0.2, 0.25) is 5.95 Å². The van der Waals surface area contributed by atoms with Crippen molar-refractivity contribution in [3.05, 3.63) is 42.2 Å². The molecule has 0 aliphatic rings. The van der Waals surface area contributed by atoms with E-state index in [1.54, 1.807) is 18.5 Å². The lowest BCUT2D eigenvalue weighted by molar-refractivity contribution is -0.139. The number of nitrogens with zero attached hydrogens (tertiary/aromatic N) is 2. The third kappa shape index (κ3) is 9.18. The van der Waals surface area contributed by atoms with Crippen molar-refractivity contribution < 1.29 is 34.1 Å². The van der Waals surface area contributed by atoms with Crippen LogP contribution in [0.5, 0.6) is 11.5 Å². The number of anilines is 1. The van der Waals surface area contributed by atoms with Crippen molar-refractivity contribution in [3.8, 4) is 11.5 Å². The largest absolute Gasteiger partial charge is 0.507 e. The molecule has 0 radical (unpaired) electrons. The van der Waals surface area contributed by atoms with Gasteiger partial charge in [-0.25, -0.2) is 19.6 Å². The highest BCUT2D eigenvalue weighted by molar-refractivity contribution is 5.97. The fourth-order valence-electron chi connectivity index (χ4n) is 2.47. The molecule has 0 saturated heterocycles. The van der Waals surface area contributed by atoms with Crippen molar-refractivity contribution in [2.75, 3.05) is 31.6 Å². The Bertz CT molecular complexity index is 979. The molecule has 0 unspecified atom stereocenters. The summed E-state index contributed by atoms with van der Waals surface area (Å²) in [6.07, 6.45) is 2.30. The second-order valence-electron chi connectivity index (χ2n) is 8.41. The first kappa shape index (κ1) is 26.2. The molecule has 2 amide bonds. The van der Waals surface area contributed by atoms with Crippen LogP contribution >= 0.6 is 0 Å². The lowest BCUT2D eigenvalue weighted by atomic mass is 9.99. The normalized spacial score (nSPS) is 11.7. The molecule has 5 N–H and O–H groups in total. The summed E-state index contributed by atoms with van der Waals surface area (Å²) in [6, 6.07) is 4.38. The van der Waals surface area contributed by atoms with Crippen LogP contribution in [0.15, 0.2) is 36.7 Å². The standard InChI is InChI=1S/C22H29N5O7/c1-22(2,3)13-34-21(32)27-16(19(30)31)12-26-18(29)15-6-5-14(11-17(15)28)33-10-9-25-20-23-7-4-8-24-20/h4-8,11,16,28H,9-10,12-13H2,1-3H3,(H,26,29)(H,27,32)(H,30,31)(H,23,24,25)/t16-/m0/s1. The average molecular weight is 476 g/mol. The van der Waals surface area contributed by atoms with Crippen LogP contribution in [0.4, 0.5) is 10.7 Å². The van der Waals surface area contributed by atoms with Crippen LogP contribution in [0.25, 0.3) is 0 Å². The zero-order valence-corrected chi connectivity index (χ0v) is 19.2. The number of rotatable bonds is 11. The van der Waals surface area contributed by atoms with Crippen LogP contribution in [-0.4, -0.2) is 70.5 Å². The molecule has 0 aliphatic carbocycles. The Balaban J connectivity index is 1.83. The van der Waals surface area contributed by atoms with Gasteiger partial charge in [-0.1, -0.05) is 20.8 Å². The van der Waals surface area contributed by atoms with Gasteiger partial charge in [0.1, 0.15) is 24.1 Å². The maximum absolute atomic E-state index is 12.4. The Morgan fingerprint density at radius 1 is 1.15 bits per heavy atom. The maximum atomic E-state index is 12.4. The predicted molar refractivity (Wildman–Crippen MR) is 122 cm³/mol. The lowest BCUT2D eigenvalue weighted by Crippen LogP contribution is -2.48. The van der Waals surface area contributed by atoms with Gasteiger partial charge in [-0.2, -0.15) is 0 Å². The molecule has 1 aromatic carbocycles. The smallest absolute Gasteiger partial charge is 0.407 e. The monoisotopic (exact) mass is 475 g/mol. The van der Waals surface area contributed by atoms with E-state index in [4.69, 9.17) is 9.47 Å². The van der Waals surface area contributed by atoms with E-state index < -0.39 is 30.6 Å². The van der Waals surface area contributed by atoms with Crippen LogP contribution in [-0.2, 0) is 9.53 Å². The summed E-state index contributed by atoms with van der Waals surface area (Å²) >= 11 is 0. The molecule has 184 valence electrons. The minimum Gasteiger partial charge on any atom is -0.507 e. The van der Waals surface area contributed by atoms with E-state index in [0.717, 1.165) is 0 Å². The summed E-state index contributed by atoms with van der Waals surface area (Å²) in [4.78, 5) is 43.7. The van der Waals surface area contributed by atoms with E-state index in [9.17, 15) is 24.6 Å². The van der Waals surface area contributed by atoms with Crippen molar-refractivity contribution in [1.29, 1.82) is 0 Å². The Hall–Kier alpha value is -4.09. The van der Waals surface area contributed by atoms with Gasteiger partial charge in [-0.05, 0) is 23.6 Å². The van der Waals surface area contributed by atoms with Crippen molar-refractivity contribution in [2.45, 2.75) is 26.8 Å². The number of amides is 2. The summed E-state index contributed by atoms with van der Waals surface area (Å²) in [6.45, 7) is 5.91. The third-order valence-corrected chi connectivity index (χ3v) is 4.13. The summed E-state index contributed by atoms with van der Waals surface area (Å²) in [5.41, 5.74) is -0.368. The van der Waals surface area contributed by atoms with Gasteiger partial charge in [-0.3, -0.25) is 4.79 Å². The Morgan fingerprint density at radius 2 is 1.85 bits per heavy atom. The number of benzene rings is 1. The second kappa shape index (κ2) is 12.2. The van der Waals surface area contributed by atoms with Gasteiger partial charge in [0.25, 0.3) is 5.91 Å². The molecular weight excluding hydrogens is 446 g/mol. The van der Waals surface area contributed by atoms with Gasteiger partial charge in [-0.15, -0.1) is 0 Å². The van der Waals surface area contributed by atoms with E-state index in [0.29, 0.717) is 18.2 Å². The van der Waals surface area contributed by atoms with E-state index in [2.05, 4.69) is 25.9 Å². The topological polar surface area (TPSA) is 172 Å². The van der Waals surface area contributed by atoms with Gasteiger partial charge in [0, 0.05) is 25.0 Å². The Labute approximate surface area is 196 Å². The minimum atomic E-state index is -1.41. The SMILES string of the molecule is CC(C)(C)COC(=O)N[C@@H](CNC(=O)c1ccc(OCCNc2ncccn2)cc1O)C(=O)O. The molecule has 12 nitrogen and oxygen atoms in total. The first-order valence-corrected chi connectivity index (χ1v) is 10.5. The Morgan fingerprint density at radius 3 is 2.47 bits per heavy atom. The number of carboxylic acids is 1. The number of alkyl carbamates (subject to hydrolysis) is 1. The molecule has 0 bridgehead atoms. The summed E-state index contributed by atoms with van der Waals surface area (Å²) < 4.78 is 10.5. The predicted octanol–water partition coefficient (Wildman–Crippen LogP) is 1.63. The number of aromatic hydroxyl groups is 1. The molecule has 1 heterocycles. The number of phenols is 1. The van der Waals surface area contributed by atoms with E-state index in [-0.39, 0.29) is 29.9 Å². The minimum absolute atomic E-state index is 0.0809. The molecule has 34 heavy (non-hydrogen) atoms. The maximum Gasteiger partial charge on any atom is 0.407 e. The number of hydrogen-bond donors (Lipinski definition) is 5. The van der Waals surface area contributed by atoms with E-state index >= 15 is 0 Å². The van der Waals surface area contributed by atoms with E-state index in [1.165, 1.54) is 18.2 Å². The number of hydrogen-bond acceptors (Lipinski definition) is 9. The number of ether oxygens (including phenoxy) is 2. The number of phenolic OH excluding ortho intramolecular Hbond substituents is 1. The molecule has 2 rings (SSSR count). The summed E-state index contributed by atoms with van der Waals surface area (Å²) in [7, 11) is 0. The van der Waals surface area contributed by atoms with Crippen molar-refractivity contribution in [3.63, 3.8) is 0 Å². The van der Waals surface area contributed by atoms with Crippen molar-refractivity contribution >= 4 is 23.9 Å². The fraction of sp³-hybridized carbons (Fsp3) is 0.409. The summed E-state index contributed by atoms with van der Waals surface area (Å²) in [5.74, 6) is -1.63. The van der Waals surface area contributed by atoms with Crippen LogP contribution in [0.1, 0.15) is 31.1 Å². The number of carbonyl (C=O) groups excluding carboxylic acids is 2. The Kier molecular flexibility index (Phi) is 9.41. The van der Waals surface area contributed by atoms with Crippen LogP contribution < -0.4 is 20.7 Å². The molecular formula is C22H29N5O7. The number of aromatic nitrogens is 2. The van der Waals surface area contributed by atoms with Crippen LogP contribution in [0.2, 0.25) is 0 Å². The highest BCUT2D eigenvalue weighted by atomic mass is 16.5. The molecule has 12 heteroatoms. The average Bonchev–Trinajstić information content (AvgIpc) is 2.78. The third-order valence-electron chi connectivity index (χ3n) is 4.13. The van der Waals surface area contributed by atoms with Crippen LogP contribution in [0, 0.1) is 5.41 Å². The van der Waals surface area contributed by atoms with Crippen LogP contribution in [0.3, 0.4) is 0 Å². The number of carbonyl (C=O) groups is 3. The first-order chi connectivity index (χ1) is 16.0. The molecule has 2 aromatic rings. The highest BCUT2D eigenvalue weighted by Crippen LogP contribution is 2.23. The number of nitrogens with one attached hydrogen (secondary N) is 3. The summed E-state index contributed by atoms with van der Waals surface area (Å²) in [5, 5.41) is 27.0. The second-order valence-corrected chi connectivity index (χ2v) is 8.41. The molecule has 0 aliphatic heterocycles. The lowest BCUT2D eigenvalue weighted by Gasteiger charge is -2.20. The highest BCUT2D eigenvalue weighted by Gasteiger charge is 2.23. The van der Waals surface area contributed by atoms with Gasteiger partial charge < -0.3 is 35.6 Å². The zero-order valence-electron chi connectivity index (χ0n) is 19.2. The molecule has 1 atom stereocenters. The molecule has 0 fully saturated rings. The van der Waals surface area contributed by atoms with Gasteiger partial charge >= 0.3 is 12.1 Å². The van der Waals surface area contributed by atoms with Gasteiger partial charge in [0.05, 0.1) is 18.7 Å². The first-order valence-electron chi connectivity index (χ1n) is 10.5. The van der Waals surface area contributed by atoms with Crippen molar-refractivity contribution in [1.82, 2.24) is 20.6 Å². The fourth-order valence-corrected chi connectivity index (χ4v) is 2.47. The van der Waals surface area contributed by atoms with Crippen molar-refractivity contribution in [2.24, 2.45) is 5.41 Å². The number of aliphatic carboxylic acids is 1. The van der Waals surface area contributed by atoms with E-state index in [1.807, 2.05) is 20.8 Å². The number of carboxylic acid groups (broad SMARTS) is 1.